The van der Waals surface area contributed by atoms with E-state index < -0.39 is 68.6 Å². The maximum absolute atomic E-state index is 16.1. The second-order valence-electron chi connectivity index (χ2n) is 13.3. The largest absolute Gasteiger partial charge is 0.492 e. The Balaban J connectivity index is 1.36. The van der Waals surface area contributed by atoms with E-state index in [9.17, 15) is 28.3 Å². The van der Waals surface area contributed by atoms with Crippen molar-refractivity contribution < 1.29 is 55.5 Å². The zero-order chi connectivity index (χ0) is 38.7. The molecule has 2 aromatic rings. The monoisotopic (exact) mass is 785 g/mol. The van der Waals surface area contributed by atoms with E-state index in [1.54, 1.807) is 33.9 Å². The standard InChI is InChI=1S/C35H50FN3O12P2/c1-7-48-52(44,49-8-2)30(53(45,50-9-3)51-10-4)16-25(41)21-47-35(43)38-15-11-12-23-18-37(20-29(23)38)32-28(36)17-26-31(34(32)46-6)39(24-13-14-24)19-27(22(5)40)33(26)42/h17,19,23-24,29-30H,7-16,18,20-21H2,1-6H3/t23-,29+/m0/s1. The molecule has 2 aliphatic heterocycles. The first-order chi connectivity index (χ1) is 25.3. The van der Waals surface area contributed by atoms with Crippen molar-refractivity contribution in [3.8, 4) is 5.75 Å². The van der Waals surface area contributed by atoms with Gasteiger partial charge in [0.05, 0.1) is 56.0 Å². The van der Waals surface area contributed by atoms with Gasteiger partial charge in [-0.15, -0.1) is 0 Å². The van der Waals surface area contributed by atoms with Gasteiger partial charge in [0.25, 0.3) is 0 Å². The fourth-order valence-corrected chi connectivity index (χ4v) is 12.8. The number of carbonyl (C=O) groups is 3. The minimum Gasteiger partial charge on any atom is -0.492 e. The van der Waals surface area contributed by atoms with Gasteiger partial charge in [0.15, 0.2) is 40.6 Å². The van der Waals surface area contributed by atoms with Gasteiger partial charge >= 0.3 is 21.3 Å². The summed E-state index contributed by atoms with van der Waals surface area (Å²) in [5, 5.41) is -1.52. The molecule has 53 heavy (non-hydrogen) atoms. The number of hydrogen-bond acceptors (Lipinski definition) is 13. The minimum absolute atomic E-state index is 0.0100. The topological polar surface area (TPSA) is 169 Å². The number of benzene rings is 1. The van der Waals surface area contributed by atoms with Gasteiger partial charge < -0.3 is 41.9 Å². The van der Waals surface area contributed by atoms with Crippen LogP contribution in [0.5, 0.6) is 5.75 Å². The lowest BCUT2D eigenvalue weighted by atomic mass is 9.92. The van der Waals surface area contributed by atoms with Crippen LogP contribution < -0.4 is 15.1 Å². The summed E-state index contributed by atoms with van der Waals surface area (Å²) in [7, 11) is -6.98. The number of anilines is 1. The maximum Gasteiger partial charge on any atom is 0.410 e. The first-order valence-corrected chi connectivity index (χ1v) is 21.4. The van der Waals surface area contributed by atoms with E-state index in [1.165, 1.54) is 25.0 Å². The van der Waals surface area contributed by atoms with Crippen LogP contribution in [0.2, 0.25) is 0 Å². The Bertz CT molecular complexity index is 1820. The van der Waals surface area contributed by atoms with Gasteiger partial charge in [-0.05, 0) is 72.3 Å². The predicted octanol–water partition coefficient (Wildman–Crippen LogP) is 6.54. The number of nitrogens with zero attached hydrogens (tertiary/aromatic N) is 3. The van der Waals surface area contributed by atoms with Crippen LogP contribution in [0.1, 0.15) is 83.1 Å². The number of amides is 1. The van der Waals surface area contributed by atoms with Crippen molar-refractivity contribution in [2.24, 2.45) is 5.92 Å². The highest BCUT2D eigenvalue weighted by atomic mass is 31.2. The van der Waals surface area contributed by atoms with Gasteiger partial charge in [0.1, 0.15) is 5.69 Å². The number of ketones is 2. The quantitative estimate of drug-likeness (QED) is 0.118. The van der Waals surface area contributed by atoms with Gasteiger partial charge in [-0.3, -0.25) is 23.5 Å². The van der Waals surface area contributed by atoms with Crippen LogP contribution in [0.15, 0.2) is 17.1 Å². The van der Waals surface area contributed by atoms with E-state index in [2.05, 4.69) is 0 Å². The minimum atomic E-state index is -4.20. The Kier molecular flexibility index (Phi) is 13.3. The van der Waals surface area contributed by atoms with Gasteiger partial charge in [-0.2, -0.15) is 0 Å². The van der Waals surface area contributed by atoms with Crippen LogP contribution in [-0.2, 0) is 36.8 Å². The van der Waals surface area contributed by atoms with Gasteiger partial charge in [0, 0.05) is 38.3 Å². The number of likely N-dealkylation sites (tertiary alicyclic amines) is 1. The van der Waals surface area contributed by atoms with Crippen molar-refractivity contribution in [1.82, 2.24) is 9.47 Å². The molecule has 5 rings (SSSR count). The van der Waals surface area contributed by atoms with E-state index >= 15 is 4.39 Å². The molecule has 2 saturated heterocycles. The number of aromatic nitrogens is 1. The molecule has 18 heteroatoms. The Hall–Kier alpha value is -3.13. The highest BCUT2D eigenvalue weighted by Gasteiger charge is 2.52. The summed E-state index contributed by atoms with van der Waals surface area (Å²) >= 11 is 0. The fraction of sp³-hybridized carbons (Fsp3) is 0.657. The van der Waals surface area contributed by atoms with Crippen molar-refractivity contribution in [2.45, 2.75) is 84.2 Å². The molecule has 3 fully saturated rings. The summed E-state index contributed by atoms with van der Waals surface area (Å²) in [6, 6.07) is 0.819. The molecule has 1 amide bonds. The number of fused-ring (bicyclic) bond motifs is 2. The number of rotatable bonds is 18. The summed E-state index contributed by atoms with van der Waals surface area (Å²) in [6.07, 6.45) is 3.25. The normalized spacial score (nSPS) is 19.2. The highest BCUT2D eigenvalue weighted by Crippen LogP contribution is 2.71. The van der Waals surface area contributed by atoms with Crippen LogP contribution in [0, 0.1) is 11.7 Å². The Morgan fingerprint density at radius 3 is 2.08 bits per heavy atom. The van der Waals surface area contributed by atoms with Gasteiger partial charge in [-0.25, -0.2) is 9.18 Å². The predicted molar refractivity (Wildman–Crippen MR) is 195 cm³/mol. The van der Waals surface area contributed by atoms with Crippen molar-refractivity contribution in [3.05, 3.63) is 33.9 Å². The SMILES string of the molecule is CCOP(=O)(OCC)C(CC(=O)COC(=O)N1CCC[C@H]2CN(c3c(F)cc4c(=O)c(C(C)=O)cn(C5CC5)c4c3OC)C[C@H]21)P(=O)(OCC)OCC. The lowest BCUT2D eigenvalue weighted by Crippen LogP contribution is -2.49. The molecule has 1 saturated carbocycles. The lowest BCUT2D eigenvalue weighted by Gasteiger charge is -2.36. The zero-order valence-corrected chi connectivity index (χ0v) is 33.0. The number of carbonyl (C=O) groups excluding carboxylic acids is 3. The third kappa shape index (κ3) is 8.43. The van der Waals surface area contributed by atoms with Crippen LogP contribution in [-0.4, -0.2) is 98.3 Å². The number of ether oxygens (including phenoxy) is 2. The fourth-order valence-electron chi connectivity index (χ4n) is 7.44. The molecule has 3 aliphatic rings. The van der Waals surface area contributed by atoms with Crippen molar-refractivity contribution >= 4 is 49.4 Å². The number of pyridine rings is 1. The summed E-state index contributed by atoms with van der Waals surface area (Å²) in [4.78, 5) is 55.8. The van der Waals surface area contributed by atoms with E-state index in [0.29, 0.717) is 25.0 Å². The lowest BCUT2D eigenvalue weighted by molar-refractivity contribution is -0.122. The highest BCUT2D eigenvalue weighted by molar-refractivity contribution is 7.72. The summed E-state index contributed by atoms with van der Waals surface area (Å²) in [5.41, 5.74) is 0.00882. The van der Waals surface area contributed by atoms with Gasteiger partial charge in [-0.1, -0.05) is 0 Å². The van der Waals surface area contributed by atoms with Crippen molar-refractivity contribution in [1.29, 1.82) is 0 Å². The second-order valence-corrected chi connectivity index (χ2v) is 18.1. The van der Waals surface area contributed by atoms with Crippen LogP contribution >= 0.6 is 15.2 Å². The van der Waals surface area contributed by atoms with Crippen molar-refractivity contribution in [2.75, 3.05) is 64.7 Å². The Labute approximate surface area is 308 Å². The molecular formula is C35H50FN3O12P2. The number of Topliss-reactive ketones (excluding diaryl/α,β-unsaturated/α-hetero) is 2. The molecule has 0 N–H and O–H groups in total. The molecule has 3 heterocycles. The Morgan fingerprint density at radius 2 is 1.55 bits per heavy atom. The molecule has 0 radical (unpaired) electrons. The van der Waals surface area contributed by atoms with Gasteiger partial charge in [0.2, 0.25) is 0 Å². The molecule has 294 valence electrons. The average molecular weight is 786 g/mol. The molecule has 15 nitrogen and oxygen atoms in total. The second kappa shape index (κ2) is 17.1. The van der Waals surface area contributed by atoms with Crippen LogP contribution in [0.3, 0.4) is 0 Å². The first kappa shape index (κ1) is 41.0. The molecule has 0 unspecified atom stereocenters. The third-order valence-electron chi connectivity index (χ3n) is 9.79. The number of hydrogen-bond donors (Lipinski definition) is 0. The first-order valence-electron chi connectivity index (χ1n) is 18.2. The van der Waals surface area contributed by atoms with Crippen LogP contribution in [0.4, 0.5) is 14.9 Å². The zero-order valence-electron chi connectivity index (χ0n) is 31.2. The molecule has 1 aliphatic carbocycles. The smallest absolute Gasteiger partial charge is 0.410 e. The molecule has 0 bridgehead atoms. The van der Waals surface area contributed by atoms with E-state index in [0.717, 1.165) is 19.3 Å². The Morgan fingerprint density at radius 1 is 0.943 bits per heavy atom. The summed E-state index contributed by atoms with van der Waals surface area (Å²) in [6.45, 7) is 7.65. The summed E-state index contributed by atoms with van der Waals surface area (Å²) < 4.78 is 78.7. The molecule has 1 aromatic heterocycles. The molecule has 2 atom stereocenters. The molecule has 1 aromatic carbocycles. The number of halogens is 1. The average Bonchev–Trinajstić information content (AvgIpc) is 3.87. The van der Waals surface area contributed by atoms with Crippen LogP contribution in [0.25, 0.3) is 10.9 Å². The number of methoxy groups -OCH3 is 1. The van der Waals surface area contributed by atoms with Crippen molar-refractivity contribution in [3.63, 3.8) is 0 Å². The maximum atomic E-state index is 16.1. The van der Waals surface area contributed by atoms with E-state index in [1.807, 2.05) is 9.47 Å². The van der Waals surface area contributed by atoms with E-state index in [-0.39, 0.29) is 67.3 Å². The van der Waals surface area contributed by atoms with E-state index in [4.69, 9.17) is 27.6 Å². The molecule has 0 spiro atoms. The number of piperidine rings is 1. The summed E-state index contributed by atoms with van der Waals surface area (Å²) in [5.74, 6) is -1.66. The molecular weight excluding hydrogens is 735 g/mol. The third-order valence-corrected chi connectivity index (χ3v) is 15.8.